The molecule has 0 aliphatic rings. The SMILES string of the molecule is Oc1ccc(CNc2cnc3ccc(NCc4ccc(Cl)c(Cl)c4)nn23)cc1. The van der Waals surface area contributed by atoms with Crippen molar-refractivity contribution in [1.29, 1.82) is 0 Å². The van der Waals surface area contributed by atoms with Crippen molar-refractivity contribution in [2.45, 2.75) is 13.1 Å². The van der Waals surface area contributed by atoms with Gasteiger partial charge < -0.3 is 15.7 Å². The fourth-order valence-corrected chi connectivity index (χ4v) is 3.06. The number of phenols is 1. The van der Waals surface area contributed by atoms with Crippen molar-refractivity contribution in [1.82, 2.24) is 14.6 Å². The Bertz CT molecular complexity index is 1110. The standard InChI is InChI=1S/C20H17Cl2N5O/c21-16-6-3-14(9-17(16)22)11-23-18-7-8-19-25-12-20(27(19)26-18)24-10-13-1-4-15(28)5-2-13/h1-9,12,24,28H,10-11H2,(H,23,26). The van der Waals surface area contributed by atoms with Crippen molar-refractivity contribution < 1.29 is 5.11 Å². The molecule has 0 saturated heterocycles. The van der Waals surface area contributed by atoms with Crippen LogP contribution in [-0.2, 0) is 13.1 Å². The summed E-state index contributed by atoms with van der Waals surface area (Å²) in [6.07, 6.45) is 1.74. The number of nitrogens with one attached hydrogen (secondary N) is 2. The summed E-state index contributed by atoms with van der Waals surface area (Å²) in [6, 6.07) is 16.4. The zero-order valence-corrected chi connectivity index (χ0v) is 16.2. The van der Waals surface area contributed by atoms with E-state index in [-0.39, 0.29) is 5.75 Å². The number of aromatic hydroxyl groups is 1. The van der Waals surface area contributed by atoms with Crippen LogP contribution < -0.4 is 10.6 Å². The Morgan fingerprint density at radius 2 is 1.61 bits per heavy atom. The van der Waals surface area contributed by atoms with Gasteiger partial charge in [-0.25, -0.2) is 4.98 Å². The van der Waals surface area contributed by atoms with E-state index in [1.165, 1.54) is 0 Å². The Balaban J connectivity index is 1.47. The van der Waals surface area contributed by atoms with E-state index in [0.29, 0.717) is 29.0 Å². The molecule has 3 N–H and O–H groups in total. The lowest BCUT2D eigenvalue weighted by Crippen LogP contribution is -2.07. The first-order valence-electron chi connectivity index (χ1n) is 8.63. The van der Waals surface area contributed by atoms with Crippen molar-refractivity contribution in [3.05, 3.63) is 82.0 Å². The highest BCUT2D eigenvalue weighted by Crippen LogP contribution is 2.23. The smallest absolute Gasteiger partial charge is 0.156 e. The maximum absolute atomic E-state index is 9.38. The van der Waals surface area contributed by atoms with Crippen molar-refractivity contribution >= 4 is 40.5 Å². The zero-order valence-electron chi connectivity index (χ0n) is 14.7. The Hall–Kier alpha value is -2.96. The number of nitrogens with zero attached hydrogens (tertiary/aromatic N) is 3. The molecular formula is C20H17Cl2N5O. The number of benzene rings is 2. The van der Waals surface area contributed by atoms with Gasteiger partial charge in [-0.3, -0.25) is 0 Å². The minimum Gasteiger partial charge on any atom is -0.508 e. The molecule has 2 aromatic carbocycles. The molecule has 0 spiro atoms. The normalized spacial score (nSPS) is 10.9. The fraction of sp³-hybridized carbons (Fsp3) is 0.100. The predicted molar refractivity (Wildman–Crippen MR) is 112 cm³/mol. The van der Waals surface area contributed by atoms with Gasteiger partial charge in [0.1, 0.15) is 17.4 Å². The van der Waals surface area contributed by atoms with Gasteiger partial charge in [0.25, 0.3) is 0 Å². The Morgan fingerprint density at radius 3 is 2.39 bits per heavy atom. The second-order valence-corrected chi connectivity index (χ2v) is 7.07. The van der Waals surface area contributed by atoms with Gasteiger partial charge in [-0.15, -0.1) is 5.10 Å². The largest absolute Gasteiger partial charge is 0.508 e. The van der Waals surface area contributed by atoms with Gasteiger partial charge in [-0.2, -0.15) is 4.52 Å². The van der Waals surface area contributed by atoms with Crippen LogP contribution in [0.15, 0.2) is 60.8 Å². The maximum atomic E-state index is 9.38. The number of hydrogen-bond donors (Lipinski definition) is 3. The number of aromatic nitrogens is 3. The number of imidazole rings is 1. The summed E-state index contributed by atoms with van der Waals surface area (Å²) in [5.41, 5.74) is 2.79. The molecule has 0 fully saturated rings. The van der Waals surface area contributed by atoms with Crippen LogP contribution in [0.2, 0.25) is 10.0 Å². The van der Waals surface area contributed by atoms with Crippen LogP contribution >= 0.6 is 23.2 Å². The van der Waals surface area contributed by atoms with E-state index in [9.17, 15) is 5.11 Å². The van der Waals surface area contributed by atoms with E-state index in [1.54, 1.807) is 28.9 Å². The Morgan fingerprint density at radius 1 is 0.857 bits per heavy atom. The summed E-state index contributed by atoms with van der Waals surface area (Å²) >= 11 is 12.0. The molecule has 6 nitrogen and oxygen atoms in total. The molecule has 142 valence electrons. The lowest BCUT2D eigenvalue weighted by atomic mass is 10.2. The van der Waals surface area contributed by atoms with Gasteiger partial charge >= 0.3 is 0 Å². The number of anilines is 2. The molecule has 0 saturated carbocycles. The van der Waals surface area contributed by atoms with Crippen LogP contribution in [-0.4, -0.2) is 19.7 Å². The van der Waals surface area contributed by atoms with Crippen molar-refractivity contribution in [2.24, 2.45) is 0 Å². The number of hydrogen-bond acceptors (Lipinski definition) is 5. The molecule has 0 amide bonds. The number of rotatable bonds is 6. The van der Waals surface area contributed by atoms with Crippen LogP contribution in [0, 0.1) is 0 Å². The van der Waals surface area contributed by atoms with Gasteiger partial charge in [0, 0.05) is 13.1 Å². The van der Waals surface area contributed by atoms with Crippen LogP contribution in [0.25, 0.3) is 5.65 Å². The van der Waals surface area contributed by atoms with Crippen LogP contribution in [0.3, 0.4) is 0 Å². The molecule has 0 aliphatic carbocycles. The van der Waals surface area contributed by atoms with E-state index in [4.69, 9.17) is 23.2 Å². The van der Waals surface area contributed by atoms with Crippen molar-refractivity contribution in [3.8, 4) is 5.75 Å². The minimum absolute atomic E-state index is 0.248. The molecule has 0 radical (unpaired) electrons. The third kappa shape index (κ3) is 4.13. The molecule has 0 atom stereocenters. The summed E-state index contributed by atoms with van der Waals surface area (Å²) < 4.78 is 1.75. The third-order valence-corrected chi connectivity index (χ3v) is 4.97. The van der Waals surface area contributed by atoms with Crippen LogP contribution in [0.4, 0.5) is 11.6 Å². The quantitative estimate of drug-likeness (QED) is 0.416. The van der Waals surface area contributed by atoms with E-state index in [1.807, 2.05) is 36.4 Å². The number of fused-ring (bicyclic) bond motifs is 1. The molecule has 8 heteroatoms. The minimum atomic E-state index is 0.248. The lowest BCUT2D eigenvalue weighted by molar-refractivity contribution is 0.475. The molecule has 28 heavy (non-hydrogen) atoms. The van der Waals surface area contributed by atoms with E-state index < -0.39 is 0 Å². The van der Waals surface area contributed by atoms with Gasteiger partial charge in [0.15, 0.2) is 5.65 Å². The summed E-state index contributed by atoms with van der Waals surface area (Å²) in [6.45, 7) is 1.16. The first-order valence-corrected chi connectivity index (χ1v) is 9.38. The zero-order chi connectivity index (χ0) is 19.5. The number of phenolic OH excluding ortho intramolecular Hbond substituents is 1. The molecule has 2 aromatic heterocycles. The molecule has 0 aliphatic heterocycles. The second kappa shape index (κ2) is 7.96. The summed E-state index contributed by atoms with van der Waals surface area (Å²) in [5, 5.41) is 21.6. The highest BCUT2D eigenvalue weighted by Gasteiger charge is 2.06. The molecule has 0 unspecified atom stereocenters. The molecule has 0 bridgehead atoms. The molecule has 4 rings (SSSR count). The van der Waals surface area contributed by atoms with E-state index in [2.05, 4.69) is 20.7 Å². The average Bonchev–Trinajstić information content (AvgIpc) is 3.11. The van der Waals surface area contributed by atoms with Gasteiger partial charge in [0.2, 0.25) is 0 Å². The van der Waals surface area contributed by atoms with E-state index in [0.717, 1.165) is 22.6 Å². The van der Waals surface area contributed by atoms with Crippen LogP contribution in [0.5, 0.6) is 5.75 Å². The summed E-state index contributed by atoms with van der Waals surface area (Å²) in [4.78, 5) is 4.36. The highest BCUT2D eigenvalue weighted by molar-refractivity contribution is 6.42. The summed E-state index contributed by atoms with van der Waals surface area (Å²) in [7, 11) is 0. The van der Waals surface area contributed by atoms with Crippen molar-refractivity contribution in [3.63, 3.8) is 0 Å². The Kier molecular flexibility index (Phi) is 5.23. The second-order valence-electron chi connectivity index (χ2n) is 6.25. The lowest BCUT2D eigenvalue weighted by Gasteiger charge is -2.09. The maximum Gasteiger partial charge on any atom is 0.156 e. The average molecular weight is 414 g/mol. The highest BCUT2D eigenvalue weighted by atomic mass is 35.5. The van der Waals surface area contributed by atoms with Gasteiger partial charge in [-0.05, 0) is 47.5 Å². The molecular weight excluding hydrogens is 397 g/mol. The van der Waals surface area contributed by atoms with Gasteiger partial charge in [0.05, 0.1) is 16.2 Å². The monoisotopic (exact) mass is 413 g/mol. The van der Waals surface area contributed by atoms with Crippen LogP contribution in [0.1, 0.15) is 11.1 Å². The Labute approximate surface area is 171 Å². The predicted octanol–water partition coefficient (Wildman–Crippen LogP) is 4.97. The summed E-state index contributed by atoms with van der Waals surface area (Å²) in [5.74, 6) is 1.74. The first kappa shape index (κ1) is 18.4. The topological polar surface area (TPSA) is 74.5 Å². The van der Waals surface area contributed by atoms with E-state index >= 15 is 0 Å². The fourth-order valence-electron chi connectivity index (χ4n) is 2.74. The molecule has 2 heterocycles. The van der Waals surface area contributed by atoms with Gasteiger partial charge in [-0.1, -0.05) is 41.4 Å². The first-order chi connectivity index (χ1) is 13.6. The third-order valence-electron chi connectivity index (χ3n) is 4.23. The van der Waals surface area contributed by atoms with Crippen molar-refractivity contribution in [2.75, 3.05) is 10.6 Å². The molecule has 4 aromatic rings. The number of halogens is 2.